The number of H-pyrrole nitrogens is 1. The maximum Gasteiger partial charge on any atom is 0.276 e. The molecule has 0 radical (unpaired) electrons. The number of imidazole rings is 1. The van der Waals surface area contributed by atoms with E-state index in [-0.39, 0.29) is 11.8 Å². The largest absolute Gasteiger partial charge is 0.448 e. The molecule has 6 heteroatoms. The Morgan fingerprint density at radius 3 is 3.12 bits per heavy atom. The second-order valence-corrected chi connectivity index (χ2v) is 6.66. The molecule has 0 saturated carbocycles. The van der Waals surface area contributed by atoms with Gasteiger partial charge in [0, 0.05) is 25.4 Å². The van der Waals surface area contributed by atoms with E-state index in [1.807, 2.05) is 24.0 Å². The Morgan fingerprint density at radius 2 is 2.32 bits per heavy atom. The van der Waals surface area contributed by atoms with Gasteiger partial charge in [-0.2, -0.15) is 0 Å². The Labute approximate surface area is 146 Å². The van der Waals surface area contributed by atoms with Gasteiger partial charge in [-0.1, -0.05) is 19.1 Å². The molecular formula is C19H22N4O2. The molecule has 1 atom stereocenters. The minimum atomic E-state index is -0.0393. The highest BCUT2D eigenvalue weighted by Crippen LogP contribution is 2.28. The van der Waals surface area contributed by atoms with Gasteiger partial charge in [0.15, 0.2) is 12.1 Å². The predicted molar refractivity (Wildman–Crippen MR) is 94.6 cm³/mol. The molecule has 0 aliphatic carbocycles. The molecule has 1 aliphatic rings. The van der Waals surface area contributed by atoms with Crippen molar-refractivity contribution in [1.29, 1.82) is 0 Å². The number of aromatic amines is 1. The van der Waals surface area contributed by atoms with E-state index >= 15 is 0 Å². The molecule has 1 amide bonds. The summed E-state index contributed by atoms with van der Waals surface area (Å²) in [7, 11) is 0. The number of amides is 1. The zero-order valence-electron chi connectivity index (χ0n) is 14.6. The number of aromatic nitrogens is 3. The van der Waals surface area contributed by atoms with Crippen LogP contribution in [-0.2, 0) is 6.42 Å². The fourth-order valence-electron chi connectivity index (χ4n) is 3.62. The first-order valence-electron chi connectivity index (χ1n) is 8.84. The topological polar surface area (TPSA) is 75.0 Å². The maximum atomic E-state index is 12.8. The molecule has 3 heterocycles. The molecule has 25 heavy (non-hydrogen) atoms. The molecule has 1 aliphatic heterocycles. The second kappa shape index (κ2) is 6.35. The molecule has 6 nitrogen and oxygen atoms in total. The third kappa shape index (κ3) is 2.81. The normalized spacial score (nSPS) is 18.0. The lowest BCUT2D eigenvalue weighted by molar-refractivity contribution is 0.0697. The van der Waals surface area contributed by atoms with Gasteiger partial charge in [-0.05, 0) is 31.4 Å². The van der Waals surface area contributed by atoms with E-state index in [0.29, 0.717) is 24.4 Å². The Balaban J connectivity index is 1.58. The summed E-state index contributed by atoms with van der Waals surface area (Å²) in [6, 6.07) is 6.15. The molecule has 3 aromatic rings. The number of hydrogen-bond donors (Lipinski definition) is 1. The molecule has 130 valence electrons. The maximum absolute atomic E-state index is 12.8. The number of nitrogens with zero attached hydrogens (tertiary/aromatic N) is 3. The summed E-state index contributed by atoms with van der Waals surface area (Å²) in [5.41, 5.74) is 3.69. The van der Waals surface area contributed by atoms with Crippen LogP contribution in [0.25, 0.3) is 11.0 Å². The van der Waals surface area contributed by atoms with Crippen LogP contribution in [0.1, 0.15) is 53.3 Å². The standard InChI is InChI=1S/C19H22N4O2/c1-3-15-17(20-11-25-15)19(24)23-9-5-7-13(10-23)18-21-14-8-4-6-12(2)16(14)22-18/h4,6,8,11,13H,3,5,7,9-10H2,1-2H3,(H,21,22)/t13-/m1/s1. The van der Waals surface area contributed by atoms with Crippen LogP contribution < -0.4 is 0 Å². The second-order valence-electron chi connectivity index (χ2n) is 6.66. The average Bonchev–Trinajstić information content (AvgIpc) is 3.28. The lowest BCUT2D eigenvalue weighted by Crippen LogP contribution is -2.39. The number of hydrogen-bond acceptors (Lipinski definition) is 4. The molecule has 0 spiro atoms. The van der Waals surface area contributed by atoms with Crippen LogP contribution in [-0.4, -0.2) is 38.8 Å². The number of para-hydroxylation sites is 1. The molecule has 0 unspecified atom stereocenters. The first kappa shape index (κ1) is 15.9. The first-order valence-corrected chi connectivity index (χ1v) is 8.84. The van der Waals surface area contributed by atoms with Crippen LogP contribution in [0, 0.1) is 6.92 Å². The van der Waals surface area contributed by atoms with E-state index in [9.17, 15) is 4.79 Å². The van der Waals surface area contributed by atoms with Crippen molar-refractivity contribution in [2.24, 2.45) is 0 Å². The van der Waals surface area contributed by atoms with Gasteiger partial charge in [-0.25, -0.2) is 9.97 Å². The minimum Gasteiger partial charge on any atom is -0.448 e. The van der Waals surface area contributed by atoms with E-state index in [1.165, 1.54) is 12.0 Å². The van der Waals surface area contributed by atoms with Crippen molar-refractivity contribution in [2.45, 2.75) is 39.0 Å². The summed E-state index contributed by atoms with van der Waals surface area (Å²) in [5.74, 6) is 1.81. The van der Waals surface area contributed by atoms with Gasteiger partial charge in [0.25, 0.3) is 5.91 Å². The fourth-order valence-corrected chi connectivity index (χ4v) is 3.62. The monoisotopic (exact) mass is 338 g/mol. The predicted octanol–water partition coefficient (Wildman–Crippen LogP) is 3.44. The van der Waals surface area contributed by atoms with Crippen LogP contribution in [0.5, 0.6) is 0 Å². The van der Waals surface area contributed by atoms with Crippen LogP contribution >= 0.6 is 0 Å². The summed E-state index contributed by atoms with van der Waals surface area (Å²) in [6.07, 6.45) is 4.02. The quantitative estimate of drug-likeness (QED) is 0.794. The van der Waals surface area contributed by atoms with Gasteiger partial charge in [0.2, 0.25) is 0 Å². The fraction of sp³-hybridized carbons (Fsp3) is 0.421. The number of rotatable bonds is 3. The number of aryl methyl sites for hydroxylation is 2. The van der Waals surface area contributed by atoms with E-state index in [1.54, 1.807) is 0 Å². The highest BCUT2D eigenvalue weighted by molar-refractivity contribution is 5.93. The van der Waals surface area contributed by atoms with Crippen LogP contribution in [0.3, 0.4) is 0 Å². The first-order chi connectivity index (χ1) is 12.2. The van der Waals surface area contributed by atoms with Gasteiger partial charge in [-0.15, -0.1) is 0 Å². The molecule has 2 aromatic heterocycles. The van der Waals surface area contributed by atoms with Crippen molar-refractivity contribution in [3.63, 3.8) is 0 Å². The van der Waals surface area contributed by atoms with Crippen LogP contribution in [0.4, 0.5) is 0 Å². The summed E-state index contributed by atoms with van der Waals surface area (Å²) in [6.45, 7) is 5.45. The van der Waals surface area contributed by atoms with Crippen LogP contribution in [0.15, 0.2) is 29.0 Å². The van der Waals surface area contributed by atoms with E-state index in [4.69, 9.17) is 9.40 Å². The third-order valence-corrected chi connectivity index (χ3v) is 4.99. The number of benzene rings is 1. The average molecular weight is 338 g/mol. The Hall–Kier alpha value is -2.63. The minimum absolute atomic E-state index is 0.0393. The molecule has 0 bridgehead atoms. The molecule has 1 saturated heterocycles. The number of likely N-dealkylation sites (tertiary alicyclic amines) is 1. The van der Waals surface area contributed by atoms with Crippen molar-refractivity contribution < 1.29 is 9.21 Å². The lowest BCUT2D eigenvalue weighted by Gasteiger charge is -2.31. The highest BCUT2D eigenvalue weighted by atomic mass is 16.3. The van der Waals surface area contributed by atoms with Crippen LogP contribution in [0.2, 0.25) is 0 Å². The number of oxazole rings is 1. The van der Waals surface area contributed by atoms with Gasteiger partial charge in [0.1, 0.15) is 11.6 Å². The molecule has 4 rings (SSSR count). The van der Waals surface area contributed by atoms with E-state index in [0.717, 1.165) is 36.2 Å². The van der Waals surface area contributed by atoms with E-state index in [2.05, 4.69) is 23.0 Å². The summed E-state index contributed by atoms with van der Waals surface area (Å²) >= 11 is 0. The Morgan fingerprint density at radius 1 is 1.44 bits per heavy atom. The molecule has 1 N–H and O–H groups in total. The van der Waals surface area contributed by atoms with Gasteiger partial charge in [-0.3, -0.25) is 4.79 Å². The van der Waals surface area contributed by atoms with Crippen molar-refractivity contribution >= 4 is 16.9 Å². The van der Waals surface area contributed by atoms with Crippen molar-refractivity contribution in [3.05, 3.63) is 47.4 Å². The Bertz CT molecular complexity index is 911. The molecule has 1 aromatic carbocycles. The number of piperidine rings is 1. The lowest BCUT2D eigenvalue weighted by atomic mass is 9.97. The van der Waals surface area contributed by atoms with Gasteiger partial charge in [0.05, 0.1) is 11.0 Å². The number of fused-ring (bicyclic) bond motifs is 1. The third-order valence-electron chi connectivity index (χ3n) is 4.99. The number of carbonyl (C=O) groups excluding carboxylic acids is 1. The zero-order chi connectivity index (χ0) is 17.4. The summed E-state index contributed by atoms with van der Waals surface area (Å²) < 4.78 is 5.31. The smallest absolute Gasteiger partial charge is 0.276 e. The van der Waals surface area contributed by atoms with E-state index < -0.39 is 0 Å². The zero-order valence-corrected chi connectivity index (χ0v) is 14.6. The molecular weight excluding hydrogens is 316 g/mol. The van der Waals surface area contributed by atoms with Crippen molar-refractivity contribution in [1.82, 2.24) is 19.9 Å². The Kier molecular flexibility index (Phi) is 4.03. The number of nitrogens with one attached hydrogen (secondary N) is 1. The summed E-state index contributed by atoms with van der Waals surface area (Å²) in [4.78, 5) is 27.1. The van der Waals surface area contributed by atoms with Crippen molar-refractivity contribution in [2.75, 3.05) is 13.1 Å². The SMILES string of the molecule is CCc1ocnc1C(=O)N1CCC[C@@H](c2nc3c(C)cccc3[nH]2)C1. The highest BCUT2D eigenvalue weighted by Gasteiger charge is 2.29. The number of carbonyl (C=O) groups is 1. The summed E-state index contributed by atoms with van der Waals surface area (Å²) in [5, 5.41) is 0. The van der Waals surface area contributed by atoms with Crippen molar-refractivity contribution in [3.8, 4) is 0 Å². The van der Waals surface area contributed by atoms with Gasteiger partial charge >= 0.3 is 0 Å². The molecule has 1 fully saturated rings. The van der Waals surface area contributed by atoms with Gasteiger partial charge < -0.3 is 14.3 Å².